The summed E-state index contributed by atoms with van der Waals surface area (Å²) in [7, 11) is 5.29. The molecule has 0 saturated carbocycles. The third-order valence-electron chi connectivity index (χ3n) is 1.50. The first-order chi connectivity index (χ1) is 5.97. The maximum absolute atomic E-state index is 11.0. The lowest BCUT2D eigenvalue weighted by Gasteiger charge is -2.10. The average molecular weight is 186 g/mol. The number of ether oxygens (including phenoxy) is 1. The van der Waals surface area contributed by atoms with Gasteiger partial charge in [-0.2, -0.15) is 0 Å². The fraction of sp³-hybridized carbons (Fsp3) is 0.778. The first kappa shape index (κ1) is 12.1. The summed E-state index contributed by atoms with van der Waals surface area (Å²) in [5.74, 6) is -0.293. The van der Waals surface area contributed by atoms with Gasteiger partial charge >= 0.3 is 5.97 Å². The summed E-state index contributed by atoms with van der Waals surface area (Å²) in [6.45, 7) is 4.39. The highest BCUT2D eigenvalue weighted by atomic mass is 16.5. The fourth-order valence-electron chi connectivity index (χ4n) is 1.05. The lowest BCUT2D eigenvalue weighted by atomic mass is 10.3. The van der Waals surface area contributed by atoms with Crippen molar-refractivity contribution in [2.45, 2.75) is 19.9 Å². The minimum absolute atomic E-state index is 0.293. The highest BCUT2D eigenvalue weighted by molar-refractivity contribution is 5.87. The monoisotopic (exact) mass is 186 g/mol. The van der Waals surface area contributed by atoms with Gasteiger partial charge in [0.2, 0.25) is 0 Å². The summed E-state index contributed by atoms with van der Waals surface area (Å²) in [4.78, 5) is 17.2. The summed E-state index contributed by atoms with van der Waals surface area (Å²) < 4.78 is 4.56. The van der Waals surface area contributed by atoms with Gasteiger partial charge in [0.15, 0.2) is 0 Å². The van der Waals surface area contributed by atoms with Crippen molar-refractivity contribution < 1.29 is 9.53 Å². The van der Waals surface area contributed by atoms with Crippen LogP contribution in [0.2, 0.25) is 0 Å². The Morgan fingerprint density at radius 3 is 2.46 bits per heavy atom. The van der Waals surface area contributed by atoms with E-state index in [9.17, 15) is 4.79 Å². The maximum atomic E-state index is 11.0. The van der Waals surface area contributed by atoms with Crippen LogP contribution in [0.5, 0.6) is 0 Å². The van der Waals surface area contributed by atoms with Crippen LogP contribution in [0, 0.1) is 0 Å². The Morgan fingerprint density at radius 1 is 1.54 bits per heavy atom. The van der Waals surface area contributed by atoms with E-state index < -0.39 is 6.04 Å². The van der Waals surface area contributed by atoms with Crippen LogP contribution in [0.4, 0.5) is 0 Å². The van der Waals surface area contributed by atoms with Crippen LogP contribution < -0.4 is 0 Å². The zero-order valence-corrected chi connectivity index (χ0v) is 9.00. The number of hydrogen-bond acceptors (Lipinski definition) is 4. The zero-order chi connectivity index (χ0) is 10.4. The zero-order valence-electron chi connectivity index (χ0n) is 9.00. The van der Waals surface area contributed by atoms with Crippen LogP contribution in [0.25, 0.3) is 0 Å². The van der Waals surface area contributed by atoms with E-state index in [2.05, 4.69) is 9.73 Å². The van der Waals surface area contributed by atoms with E-state index in [0.717, 1.165) is 12.3 Å². The smallest absolute Gasteiger partial charge is 0.330 e. The van der Waals surface area contributed by atoms with Gasteiger partial charge in [-0.15, -0.1) is 0 Å². The first-order valence-electron chi connectivity index (χ1n) is 4.23. The number of carbonyl (C=O) groups excluding carboxylic acids is 1. The van der Waals surface area contributed by atoms with Gasteiger partial charge < -0.3 is 9.64 Å². The molecule has 4 heteroatoms. The van der Waals surface area contributed by atoms with Crippen molar-refractivity contribution in [3.63, 3.8) is 0 Å². The Balaban J connectivity index is 4.13. The number of rotatable bonds is 4. The molecule has 0 saturated heterocycles. The van der Waals surface area contributed by atoms with Crippen molar-refractivity contribution in [2.24, 2.45) is 4.99 Å². The van der Waals surface area contributed by atoms with Gasteiger partial charge in [0, 0.05) is 12.3 Å². The number of carbonyl (C=O) groups is 1. The van der Waals surface area contributed by atoms with Crippen LogP contribution in [0.1, 0.15) is 13.8 Å². The molecule has 76 valence electrons. The predicted octanol–water partition coefficient (Wildman–Crippen LogP) is 0.570. The summed E-state index contributed by atoms with van der Waals surface area (Å²) in [5, 5.41) is 0. The molecule has 0 radical (unpaired) electrons. The average Bonchev–Trinajstić information content (AvgIpc) is 2.01. The highest BCUT2D eigenvalue weighted by Gasteiger charge is 2.10. The molecule has 0 aromatic heterocycles. The van der Waals surface area contributed by atoms with Crippen LogP contribution in [0.15, 0.2) is 4.99 Å². The van der Waals surface area contributed by atoms with Crippen LogP contribution in [-0.4, -0.2) is 50.4 Å². The molecule has 0 spiro atoms. The van der Waals surface area contributed by atoms with Gasteiger partial charge in [-0.25, -0.2) is 4.79 Å². The number of esters is 1. The molecule has 1 atom stereocenters. The molecule has 0 rings (SSSR count). The second-order valence-electron chi connectivity index (χ2n) is 3.30. The maximum Gasteiger partial charge on any atom is 0.330 e. The van der Waals surface area contributed by atoms with Gasteiger partial charge in [0.05, 0.1) is 7.11 Å². The van der Waals surface area contributed by atoms with Crippen LogP contribution in [-0.2, 0) is 9.53 Å². The van der Waals surface area contributed by atoms with Gasteiger partial charge in [-0.05, 0) is 27.9 Å². The largest absolute Gasteiger partial charge is 0.467 e. The van der Waals surface area contributed by atoms with E-state index in [0.29, 0.717) is 0 Å². The standard InChI is InChI=1S/C9H18N2O2/c1-7(6-11(3)4)10-8(2)9(12)13-5/h8H,6H2,1-5H3. The molecule has 1 unspecified atom stereocenters. The van der Waals surface area contributed by atoms with Crippen LogP contribution in [0.3, 0.4) is 0 Å². The van der Waals surface area contributed by atoms with Gasteiger partial charge in [0.25, 0.3) is 0 Å². The Hall–Kier alpha value is -0.900. The van der Waals surface area contributed by atoms with Gasteiger partial charge in [-0.1, -0.05) is 0 Å². The van der Waals surface area contributed by atoms with Crippen LogP contribution >= 0.6 is 0 Å². The van der Waals surface area contributed by atoms with Gasteiger partial charge in [-0.3, -0.25) is 4.99 Å². The van der Waals surface area contributed by atoms with Crippen molar-refractivity contribution in [1.82, 2.24) is 4.90 Å². The minimum atomic E-state index is -0.398. The van der Waals surface area contributed by atoms with E-state index in [1.807, 2.05) is 25.9 Å². The normalized spacial score (nSPS) is 14.5. The SMILES string of the molecule is COC(=O)C(C)N=C(C)CN(C)C. The molecule has 0 fully saturated rings. The second kappa shape index (κ2) is 5.70. The van der Waals surface area contributed by atoms with Crippen molar-refractivity contribution in [3.8, 4) is 0 Å². The second-order valence-corrected chi connectivity index (χ2v) is 3.30. The van der Waals surface area contributed by atoms with E-state index in [1.54, 1.807) is 6.92 Å². The Bertz CT molecular complexity index is 200. The molecule has 0 aliphatic carbocycles. The van der Waals surface area contributed by atoms with E-state index in [-0.39, 0.29) is 5.97 Å². The summed E-state index contributed by atoms with van der Waals surface area (Å²) >= 11 is 0. The molecule has 0 amide bonds. The fourth-order valence-corrected chi connectivity index (χ4v) is 1.05. The quantitative estimate of drug-likeness (QED) is 0.476. The third-order valence-corrected chi connectivity index (χ3v) is 1.50. The third kappa shape index (κ3) is 5.36. The molecule has 13 heavy (non-hydrogen) atoms. The molecule has 0 bridgehead atoms. The topological polar surface area (TPSA) is 41.9 Å². The van der Waals surface area contributed by atoms with E-state index >= 15 is 0 Å². The molecular weight excluding hydrogens is 168 g/mol. The van der Waals surface area contributed by atoms with E-state index in [4.69, 9.17) is 0 Å². The van der Waals surface area contributed by atoms with Crippen molar-refractivity contribution >= 4 is 11.7 Å². The lowest BCUT2D eigenvalue weighted by Crippen LogP contribution is -2.23. The predicted molar refractivity (Wildman–Crippen MR) is 53.1 cm³/mol. The summed E-state index contributed by atoms with van der Waals surface area (Å²) in [6.07, 6.45) is 0. The summed E-state index contributed by atoms with van der Waals surface area (Å²) in [6, 6.07) is -0.398. The molecule has 0 aromatic carbocycles. The molecule has 0 aliphatic heterocycles. The molecule has 0 N–H and O–H groups in total. The minimum Gasteiger partial charge on any atom is -0.467 e. The number of aliphatic imine (C=N–C) groups is 1. The number of hydrogen-bond donors (Lipinski definition) is 0. The Morgan fingerprint density at radius 2 is 2.08 bits per heavy atom. The molecular formula is C9H18N2O2. The molecule has 4 nitrogen and oxygen atoms in total. The highest BCUT2D eigenvalue weighted by Crippen LogP contribution is 1.94. The molecule has 0 heterocycles. The van der Waals surface area contributed by atoms with Crippen molar-refractivity contribution in [1.29, 1.82) is 0 Å². The molecule has 0 aromatic rings. The van der Waals surface area contributed by atoms with Crippen molar-refractivity contribution in [2.75, 3.05) is 27.7 Å². The number of nitrogens with zero attached hydrogens (tertiary/aromatic N) is 2. The lowest BCUT2D eigenvalue weighted by molar-refractivity contribution is -0.141. The Kier molecular flexibility index (Phi) is 5.30. The van der Waals surface area contributed by atoms with E-state index in [1.165, 1.54) is 7.11 Å². The first-order valence-corrected chi connectivity index (χ1v) is 4.23. The number of methoxy groups -OCH3 is 1. The molecule has 0 aliphatic rings. The van der Waals surface area contributed by atoms with Crippen molar-refractivity contribution in [3.05, 3.63) is 0 Å². The summed E-state index contributed by atoms with van der Waals surface area (Å²) in [5.41, 5.74) is 0.933. The Labute approximate surface area is 79.6 Å². The van der Waals surface area contributed by atoms with Gasteiger partial charge in [0.1, 0.15) is 6.04 Å².